The maximum Gasteiger partial charge on any atom is 0.333 e. The molecule has 1 atom stereocenters. The highest BCUT2D eigenvalue weighted by molar-refractivity contribution is 7.98. The molecule has 0 saturated carbocycles. The summed E-state index contributed by atoms with van der Waals surface area (Å²) >= 11 is 1.42. The number of amides is 2. The smallest absolute Gasteiger partial charge is 0.333 e. The van der Waals surface area contributed by atoms with Crippen LogP contribution in [0.5, 0.6) is 5.75 Å². The molecule has 8 heteroatoms. The highest BCUT2D eigenvalue weighted by atomic mass is 32.2. The molecule has 1 aliphatic heterocycles. The topological polar surface area (TPSA) is 95.9 Å². The van der Waals surface area contributed by atoms with Gasteiger partial charge in [-0.05, 0) is 61.1 Å². The van der Waals surface area contributed by atoms with Crippen LogP contribution in [-0.2, 0) is 20.7 Å². The highest BCUT2D eigenvalue weighted by Crippen LogP contribution is 2.35. The van der Waals surface area contributed by atoms with E-state index >= 15 is 0 Å². The lowest BCUT2D eigenvalue weighted by molar-refractivity contribution is -0.149. The molecule has 0 radical (unpaired) electrons. The number of rotatable bonds is 5. The van der Waals surface area contributed by atoms with Crippen LogP contribution in [0.15, 0.2) is 41.3 Å². The summed E-state index contributed by atoms with van der Waals surface area (Å²) in [7, 11) is 0. The lowest BCUT2D eigenvalue weighted by Gasteiger charge is -2.36. The first-order valence-electron chi connectivity index (χ1n) is 9.60. The molecule has 0 bridgehead atoms. The molecule has 0 aliphatic carbocycles. The van der Waals surface area contributed by atoms with Crippen LogP contribution < -0.4 is 5.32 Å². The minimum absolute atomic E-state index is 0.120. The van der Waals surface area contributed by atoms with Gasteiger partial charge in [-0.15, -0.1) is 11.8 Å². The number of esters is 1. The van der Waals surface area contributed by atoms with E-state index in [0.29, 0.717) is 29.8 Å². The van der Waals surface area contributed by atoms with E-state index in [9.17, 15) is 19.5 Å². The molecule has 7 nitrogen and oxygen atoms in total. The van der Waals surface area contributed by atoms with E-state index in [0.717, 1.165) is 10.5 Å². The molecule has 2 amide bonds. The fourth-order valence-electron chi connectivity index (χ4n) is 3.59. The van der Waals surface area contributed by atoms with Gasteiger partial charge in [0.05, 0.1) is 12.3 Å². The zero-order valence-electron chi connectivity index (χ0n) is 17.1. The third-order valence-electron chi connectivity index (χ3n) is 4.88. The summed E-state index contributed by atoms with van der Waals surface area (Å²) < 4.78 is 5.25. The van der Waals surface area contributed by atoms with E-state index in [1.165, 1.54) is 29.7 Å². The molecule has 1 aliphatic rings. The first kappa shape index (κ1) is 21.7. The molecule has 30 heavy (non-hydrogen) atoms. The summed E-state index contributed by atoms with van der Waals surface area (Å²) in [4.78, 5) is 39.8. The number of hydrogen-bond acceptors (Lipinski definition) is 6. The zero-order valence-corrected chi connectivity index (χ0v) is 17.9. The van der Waals surface area contributed by atoms with Gasteiger partial charge in [-0.25, -0.2) is 4.79 Å². The fraction of sp³-hybridized carbons (Fsp3) is 0.318. The second kappa shape index (κ2) is 9.21. The second-order valence-electron chi connectivity index (χ2n) is 6.88. The number of benzene rings is 2. The summed E-state index contributed by atoms with van der Waals surface area (Å²) in [6, 6.07) is 8.96. The Hall–Kier alpha value is -3.00. The van der Waals surface area contributed by atoms with Crippen molar-refractivity contribution in [3.63, 3.8) is 0 Å². The van der Waals surface area contributed by atoms with Gasteiger partial charge < -0.3 is 20.1 Å². The van der Waals surface area contributed by atoms with Gasteiger partial charge in [0.15, 0.2) is 6.04 Å². The molecule has 3 rings (SSSR count). The number of ether oxygens (including phenoxy) is 1. The average molecular weight is 429 g/mol. The Balaban J connectivity index is 1.98. The summed E-state index contributed by atoms with van der Waals surface area (Å²) in [5, 5.41) is 12.5. The molecule has 0 aromatic heterocycles. The number of hydrogen-bond donors (Lipinski definition) is 2. The number of thioether (sulfide) groups is 1. The van der Waals surface area contributed by atoms with E-state index in [2.05, 4.69) is 5.32 Å². The average Bonchev–Trinajstić information content (AvgIpc) is 2.72. The van der Waals surface area contributed by atoms with E-state index in [1.807, 2.05) is 6.26 Å². The first-order chi connectivity index (χ1) is 14.3. The Morgan fingerprint density at radius 3 is 2.67 bits per heavy atom. The van der Waals surface area contributed by atoms with Crippen molar-refractivity contribution in [2.24, 2.45) is 0 Å². The van der Waals surface area contributed by atoms with E-state index < -0.39 is 12.0 Å². The number of fused-ring (bicyclic) bond motifs is 1. The zero-order chi connectivity index (χ0) is 21.8. The predicted octanol–water partition coefficient (Wildman–Crippen LogP) is 3.38. The second-order valence-corrected chi connectivity index (χ2v) is 7.73. The lowest BCUT2D eigenvalue weighted by Crippen LogP contribution is -2.44. The van der Waals surface area contributed by atoms with Crippen molar-refractivity contribution in [2.45, 2.75) is 31.2 Å². The fourth-order valence-corrected chi connectivity index (χ4v) is 4.17. The van der Waals surface area contributed by atoms with Crippen LogP contribution in [0.25, 0.3) is 0 Å². The molecule has 0 spiro atoms. The van der Waals surface area contributed by atoms with E-state index in [-0.39, 0.29) is 24.2 Å². The molecule has 0 fully saturated rings. The molecular formula is C22H24N2O5S. The quantitative estimate of drug-likeness (QED) is 0.560. The number of carbonyl (C=O) groups excluding carboxylic acids is 3. The molecule has 1 unspecified atom stereocenters. The van der Waals surface area contributed by atoms with Crippen LogP contribution in [0, 0.1) is 0 Å². The van der Waals surface area contributed by atoms with Gasteiger partial charge in [-0.1, -0.05) is 6.07 Å². The van der Waals surface area contributed by atoms with Crippen molar-refractivity contribution in [3.8, 4) is 5.75 Å². The molecule has 0 saturated heterocycles. The van der Waals surface area contributed by atoms with Crippen molar-refractivity contribution >= 4 is 35.2 Å². The Morgan fingerprint density at radius 1 is 1.23 bits per heavy atom. The SMILES string of the molecule is CCOC(=O)C1c2ccc(O)cc2CCN1C(=O)c1ccc(NC(C)=O)c(SC)c1. The van der Waals surface area contributed by atoms with Crippen LogP contribution in [0.1, 0.15) is 41.4 Å². The third-order valence-corrected chi connectivity index (χ3v) is 5.66. The lowest BCUT2D eigenvalue weighted by atomic mass is 9.91. The van der Waals surface area contributed by atoms with Crippen LogP contribution in [-0.4, -0.2) is 47.2 Å². The number of aromatic hydroxyl groups is 1. The van der Waals surface area contributed by atoms with Gasteiger partial charge in [-0.3, -0.25) is 9.59 Å². The van der Waals surface area contributed by atoms with Gasteiger partial charge >= 0.3 is 5.97 Å². The first-order valence-corrected chi connectivity index (χ1v) is 10.8. The number of carbonyl (C=O) groups is 3. The van der Waals surface area contributed by atoms with E-state index in [1.54, 1.807) is 37.3 Å². The predicted molar refractivity (Wildman–Crippen MR) is 115 cm³/mol. The van der Waals surface area contributed by atoms with Crippen LogP contribution in [0.3, 0.4) is 0 Å². The van der Waals surface area contributed by atoms with Gasteiger partial charge in [0.2, 0.25) is 5.91 Å². The molecule has 2 N–H and O–H groups in total. The molecular weight excluding hydrogens is 404 g/mol. The highest BCUT2D eigenvalue weighted by Gasteiger charge is 2.37. The number of anilines is 1. The molecule has 1 heterocycles. The van der Waals surface area contributed by atoms with Gasteiger partial charge in [0, 0.05) is 23.9 Å². The Labute approximate surface area is 179 Å². The van der Waals surface area contributed by atoms with E-state index in [4.69, 9.17) is 4.74 Å². The number of nitrogens with one attached hydrogen (secondary N) is 1. The third kappa shape index (κ3) is 4.43. The Kier molecular flexibility index (Phi) is 6.66. The van der Waals surface area contributed by atoms with Gasteiger partial charge in [0.25, 0.3) is 5.91 Å². The largest absolute Gasteiger partial charge is 0.508 e. The van der Waals surface area contributed by atoms with Crippen molar-refractivity contribution in [1.82, 2.24) is 4.90 Å². The minimum atomic E-state index is -0.880. The normalized spacial score (nSPS) is 15.3. The summed E-state index contributed by atoms with van der Waals surface area (Å²) in [5.41, 5.74) is 2.53. The number of nitrogens with zero attached hydrogens (tertiary/aromatic N) is 1. The monoisotopic (exact) mass is 428 g/mol. The molecule has 158 valence electrons. The maximum absolute atomic E-state index is 13.4. The number of phenols is 1. The molecule has 2 aromatic carbocycles. The van der Waals surface area contributed by atoms with Crippen molar-refractivity contribution in [1.29, 1.82) is 0 Å². The Morgan fingerprint density at radius 2 is 2.00 bits per heavy atom. The van der Waals surface area contributed by atoms with Crippen LogP contribution in [0.4, 0.5) is 5.69 Å². The van der Waals surface area contributed by atoms with Crippen LogP contribution >= 0.6 is 11.8 Å². The minimum Gasteiger partial charge on any atom is -0.508 e. The van der Waals surface area contributed by atoms with Crippen molar-refractivity contribution < 1.29 is 24.2 Å². The van der Waals surface area contributed by atoms with Crippen molar-refractivity contribution in [2.75, 3.05) is 24.7 Å². The number of phenolic OH excluding ortho intramolecular Hbond substituents is 1. The summed E-state index contributed by atoms with van der Waals surface area (Å²) in [6.45, 7) is 3.67. The standard InChI is InChI=1S/C22H24N2O5S/c1-4-29-22(28)20-17-7-6-16(26)11-14(17)9-10-24(20)21(27)15-5-8-18(23-13(2)25)19(12-15)30-3/h5-8,11-12,20,26H,4,9-10H2,1-3H3,(H,23,25). The van der Waals surface area contributed by atoms with Gasteiger partial charge in [0.1, 0.15) is 5.75 Å². The Bertz CT molecular complexity index is 991. The molecule has 2 aromatic rings. The maximum atomic E-state index is 13.4. The summed E-state index contributed by atoms with van der Waals surface area (Å²) in [5.74, 6) is -0.870. The summed E-state index contributed by atoms with van der Waals surface area (Å²) in [6.07, 6.45) is 2.38. The van der Waals surface area contributed by atoms with Crippen LogP contribution in [0.2, 0.25) is 0 Å². The van der Waals surface area contributed by atoms with Gasteiger partial charge in [-0.2, -0.15) is 0 Å². The van der Waals surface area contributed by atoms with Crippen molar-refractivity contribution in [3.05, 3.63) is 53.1 Å².